The van der Waals surface area contributed by atoms with Crippen LogP contribution < -0.4 is 14.2 Å². The molecule has 0 aromatic heterocycles. The van der Waals surface area contributed by atoms with Crippen molar-refractivity contribution in [2.45, 2.75) is 6.42 Å². The van der Waals surface area contributed by atoms with Crippen LogP contribution in [0.4, 0.5) is 0 Å². The van der Waals surface area contributed by atoms with Gasteiger partial charge in [-0.25, -0.2) is 0 Å². The summed E-state index contributed by atoms with van der Waals surface area (Å²) >= 11 is 0. The van der Waals surface area contributed by atoms with Crippen molar-refractivity contribution in [3.05, 3.63) is 53.6 Å². The predicted octanol–water partition coefficient (Wildman–Crippen LogP) is 2.24. The molecule has 0 saturated carbocycles. The summed E-state index contributed by atoms with van der Waals surface area (Å²) in [5.41, 5.74) is 1.49. The van der Waals surface area contributed by atoms with Crippen molar-refractivity contribution in [3.8, 4) is 17.2 Å². The Morgan fingerprint density at radius 3 is 2.00 bits per heavy atom. The van der Waals surface area contributed by atoms with E-state index in [1.165, 1.54) is 0 Å². The van der Waals surface area contributed by atoms with Gasteiger partial charge in [-0.1, -0.05) is 6.07 Å². The molecule has 29 heavy (non-hydrogen) atoms. The number of nitrogens with zero attached hydrogens (tertiary/aromatic N) is 2. The molecule has 0 bridgehead atoms. The number of rotatable bonds is 6. The fourth-order valence-corrected chi connectivity index (χ4v) is 3.35. The number of piperazine rings is 1. The van der Waals surface area contributed by atoms with Gasteiger partial charge in [-0.2, -0.15) is 0 Å². The van der Waals surface area contributed by atoms with E-state index in [1.54, 1.807) is 61.5 Å². The smallest absolute Gasteiger partial charge is 0.253 e. The zero-order valence-electron chi connectivity index (χ0n) is 17.0. The lowest BCUT2D eigenvalue weighted by Gasteiger charge is -2.35. The van der Waals surface area contributed by atoms with E-state index >= 15 is 0 Å². The van der Waals surface area contributed by atoms with Crippen LogP contribution >= 0.6 is 0 Å². The Morgan fingerprint density at radius 1 is 0.793 bits per heavy atom. The zero-order chi connectivity index (χ0) is 20.8. The largest absolute Gasteiger partial charge is 0.497 e. The van der Waals surface area contributed by atoms with Crippen LogP contribution in [-0.4, -0.2) is 69.1 Å². The highest BCUT2D eigenvalue weighted by Gasteiger charge is 2.25. The van der Waals surface area contributed by atoms with Crippen LogP contribution in [0.2, 0.25) is 0 Å². The standard InChI is InChI=1S/C22H26N2O5/c1-27-18-7-5-17(6-8-18)22(26)24-12-10-23(11-13-24)21(25)15-16-4-9-19(28-2)20(14-16)29-3/h4-9,14H,10-13,15H2,1-3H3. The molecular formula is C22H26N2O5. The minimum atomic E-state index is -0.0281. The molecule has 2 amide bonds. The maximum Gasteiger partial charge on any atom is 0.253 e. The number of ether oxygens (including phenoxy) is 3. The second kappa shape index (κ2) is 9.32. The first-order chi connectivity index (χ1) is 14.0. The lowest BCUT2D eigenvalue weighted by Crippen LogP contribution is -2.51. The Bertz CT molecular complexity index is 858. The first kappa shape index (κ1) is 20.5. The van der Waals surface area contributed by atoms with Crippen LogP contribution in [0.1, 0.15) is 15.9 Å². The summed E-state index contributed by atoms with van der Waals surface area (Å²) in [6, 6.07) is 12.5. The minimum Gasteiger partial charge on any atom is -0.497 e. The highest BCUT2D eigenvalue weighted by atomic mass is 16.5. The molecule has 7 heteroatoms. The van der Waals surface area contributed by atoms with Crippen molar-refractivity contribution >= 4 is 11.8 Å². The van der Waals surface area contributed by atoms with E-state index in [1.807, 2.05) is 12.1 Å². The van der Waals surface area contributed by atoms with Crippen LogP contribution in [0.5, 0.6) is 17.2 Å². The third kappa shape index (κ3) is 4.80. The lowest BCUT2D eigenvalue weighted by atomic mass is 10.1. The van der Waals surface area contributed by atoms with E-state index < -0.39 is 0 Å². The van der Waals surface area contributed by atoms with E-state index in [9.17, 15) is 9.59 Å². The fourth-order valence-electron chi connectivity index (χ4n) is 3.35. The number of benzene rings is 2. The summed E-state index contributed by atoms with van der Waals surface area (Å²) in [5, 5.41) is 0. The van der Waals surface area contributed by atoms with E-state index in [4.69, 9.17) is 14.2 Å². The Balaban J connectivity index is 1.55. The summed E-state index contributed by atoms with van der Waals surface area (Å²) in [4.78, 5) is 28.9. The number of hydrogen-bond acceptors (Lipinski definition) is 5. The van der Waals surface area contributed by atoms with Gasteiger partial charge in [0.1, 0.15) is 5.75 Å². The van der Waals surface area contributed by atoms with Gasteiger partial charge in [0, 0.05) is 31.7 Å². The first-order valence-electron chi connectivity index (χ1n) is 9.47. The molecule has 154 valence electrons. The van der Waals surface area contributed by atoms with Gasteiger partial charge in [-0.05, 0) is 42.0 Å². The van der Waals surface area contributed by atoms with Crippen molar-refractivity contribution in [1.29, 1.82) is 0 Å². The van der Waals surface area contributed by atoms with Gasteiger partial charge in [-0.3, -0.25) is 9.59 Å². The highest BCUT2D eigenvalue weighted by molar-refractivity contribution is 5.94. The van der Waals surface area contributed by atoms with Gasteiger partial charge in [0.2, 0.25) is 5.91 Å². The summed E-state index contributed by atoms with van der Waals surface area (Å²) in [7, 11) is 4.74. The Hall–Kier alpha value is -3.22. The molecule has 3 rings (SSSR count). The van der Waals surface area contributed by atoms with Crippen LogP contribution in [0.25, 0.3) is 0 Å². The van der Waals surface area contributed by atoms with Crippen molar-refractivity contribution in [2.75, 3.05) is 47.5 Å². The molecule has 2 aromatic rings. The molecule has 1 heterocycles. The molecule has 0 aliphatic carbocycles. The molecule has 1 saturated heterocycles. The normalized spacial score (nSPS) is 13.8. The lowest BCUT2D eigenvalue weighted by molar-refractivity contribution is -0.131. The monoisotopic (exact) mass is 398 g/mol. The molecule has 0 spiro atoms. The Morgan fingerprint density at radius 2 is 1.41 bits per heavy atom. The second-order valence-corrected chi connectivity index (χ2v) is 6.77. The van der Waals surface area contributed by atoms with E-state index in [2.05, 4.69) is 0 Å². The topological polar surface area (TPSA) is 68.3 Å². The molecule has 0 N–H and O–H groups in total. The maximum atomic E-state index is 12.7. The summed E-state index contributed by atoms with van der Waals surface area (Å²) in [5.74, 6) is 1.96. The van der Waals surface area contributed by atoms with Gasteiger partial charge in [0.05, 0.1) is 27.8 Å². The molecule has 7 nitrogen and oxygen atoms in total. The molecule has 1 aliphatic heterocycles. The number of amides is 2. The molecule has 0 radical (unpaired) electrons. The number of carbonyl (C=O) groups is 2. The molecule has 1 fully saturated rings. The van der Waals surface area contributed by atoms with Crippen molar-refractivity contribution in [1.82, 2.24) is 9.80 Å². The molecule has 0 atom stereocenters. The van der Waals surface area contributed by atoms with E-state index in [0.717, 1.165) is 5.56 Å². The molecular weight excluding hydrogens is 372 g/mol. The Kier molecular flexibility index (Phi) is 6.59. The van der Waals surface area contributed by atoms with Crippen LogP contribution in [0.15, 0.2) is 42.5 Å². The predicted molar refractivity (Wildman–Crippen MR) is 109 cm³/mol. The molecule has 0 unspecified atom stereocenters. The van der Waals surface area contributed by atoms with E-state index in [0.29, 0.717) is 49.0 Å². The SMILES string of the molecule is COc1ccc(C(=O)N2CCN(C(=O)Cc3ccc(OC)c(OC)c3)CC2)cc1. The quantitative estimate of drug-likeness (QED) is 0.747. The zero-order valence-corrected chi connectivity index (χ0v) is 17.0. The van der Waals surface area contributed by atoms with Crippen LogP contribution in [-0.2, 0) is 11.2 Å². The summed E-state index contributed by atoms with van der Waals surface area (Å²) in [6.45, 7) is 2.08. The van der Waals surface area contributed by atoms with Gasteiger partial charge >= 0.3 is 0 Å². The van der Waals surface area contributed by atoms with E-state index in [-0.39, 0.29) is 18.2 Å². The van der Waals surface area contributed by atoms with Crippen molar-refractivity contribution in [2.24, 2.45) is 0 Å². The van der Waals surface area contributed by atoms with Gasteiger partial charge in [0.15, 0.2) is 11.5 Å². The van der Waals surface area contributed by atoms with Crippen molar-refractivity contribution < 1.29 is 23.8 Å². The second-order valence-electron chi connectivity index (χ2n) is 6.77. The highest BCUT2D eigenvalue weighted by Crippen LogP contribution is 2.28. The summed E-state index contributed by atoms with van der Waals surface area (Å²) < 4.78 is 15.7. The number of carbonyl (C=O) groups excluding carboxylic acids is 2. The van der Waals surface area contributed by atoms with Crippen LogP contribution in [0, 0.1) is 0 Å². The average Bonchev–Trinajstić information content (AvgIpc) is 2.78. The minimum absolute atomic E-state index is 0.0281. The van der Waals surface area contributed by atoms with Gasteiger partial charge < -0.3 is 24.0 Å². The number of hydrogen-bond donors (Lipinski definition) is 0. The summed E-state index contributed by atoms with van der Waals surface area (Å²) in [6.07, 6.45) is 0.285. The van der Waals surface area contributed by atoms with Crippen LogP contribution in [0.3, 0.4) is 0 Å². The molecule has 2 aromatic carbocycles. The average molecular weight is 398 g/mol. The van der Waals surface area contributed by atoms with Crippen molar-refractivity contribution in [3.63, 3.8) is 0 Å². The van der Waals surface area contributed by atoms with Gasteiger partial charge in [-0.15, -0.1) is 0 Å². The maximum absolute atomic E-state index is 12.7. The third-order valence-electron chi connectivity index (χ3n) is 5.06. The van der Waals surface area contributed by atoms with Gasteiger partial charge in [0.25, 0.3) is 5.91 Å². The fraction of sp³-hybridized carbons (Fsp3) is 0.364. The number of methoxy groups -OCH3 is 3. The third-order valence-corrected chi connectivity index (χ3v) is 5.06. The molecule has 1 aliphatic rings. The Labute approximate surface area is 170 Å². The first-order valence-corrected chi connectivity index (χ1v) is 9.47.